The molecular weight excluding hydrogens is 490 g/mol. The number of aliphatic imine (C=N–C) groups is 1. The quantitative estimate of drug-likeness (QED) is 0.348. The normalized spacial score (nSPS) is 15.7. The molecule has 0 aromatic heterocycles. The zero-order valence-corrected chi connectivity index (χ0v) is 17.8. The van der Waals surface area contributed by atoms with Gasteiger partial charge in [-0.15, -0.1) is 24.0 Å². The van der Waals surface area contributed by atoms with Crippen molar-refractivity contribution in [1.29, 1.82) is 0 Å². The molecule has 2 rings (SSSR count). The number of halogens is 3. The van der Waals surface area contributed by atoms with E-state index in [9.17, 15) is 4.39 Å². The van der Waals surface area contributed by atoms with Gasteiger partial charge in [0.25, 0.3) is 0 Å². The van der Waals surface area contributed by atoms with Crippen LogP contribution in [-0.2, 0) is 11.3 Å². The van der Waals surface area contributed by atoms with Crippen LogP contribution in [0.1, 0.15) is 12.5 Å². The van der Waals surface area contributed by atoms with Crippen LogP contribution in [0.5, 0.6) is 0 Å². The molecule has 0 unspecified atom stereocenters. The van der Waals surface area contributed by atoms with Crippen molar-refractivity contribution in [3.63, 3.8) is 0 Å². The highest BCUT2D eigenvalue weighted by Gasteiger charge is 2.09. The van der Waals surface area contributed by atoms with Gasteiger partial charge in [0.05, 0.1) is 19.8 Å². The van der Waals surface area contributed by atoms with E-state index in [4.69, 9.17) is 4.74 Å². The zero-order valence-electron chi connectivity index (χ0n) is 13.9. The van der Waals surface area contributed by atoms with Gasteiger partial charge in [0.2, 0.25) is 0 Å². The molecular formula is C16H25BrFIN4O. The molecule has 0 radical (unpaired) electrons. The summed E-state index contributed by atoms with van der Waals surface area (Å²) in [5.41, 5.74) is 0.835. The molecule has 24 heavy (non-hydrogen) atoms. The van der Waals surface area contributed by atoms with Gasteiger partial charge in [-0.2, -0.15) is 0 Å². The maximum absolute atomic E-state index is 13.4. The molecule has 1 aromatic carbocycles. The van der Waals surface area contributed by atoms with Crippen molar-refractivity contribution >= 4 is 45.9 Å². The Balaban J connectivity index is 0.00000288. The molecule has 0 amide bonds. The summed E-state index contributed by atoms with van der Waals surface area (Å²) in [6.07, 6.45) is 0. The molecule has 1 heterocycles. The molecule has 5 nitrogen and oxygen atoms in total. The van der Waals surface area contributed by atoms with Crippen LogP contribution in [-0.4, -0.2) is 56.8 Å². The second kappa shape index (κ2) is 12.0. The Morgan fingerprint density at radius 2 is 2.04 bits per heavy atom. The van der Waals surface area contributed by atoms with Crippen molar-refractivity contribution < 1.29 is 9.13 Å². The van der Waals surface area contributed by atoms with E-state index < -0.39 is 0 Å². The van der Waals surface area contributed by atoms with E-state index in [-0.39, 0.29) is 29.8 Å². The topological polar surface area (TPSA) is 48.9 Å². The third-order valence-electron chi connectivity index (χ3n) is 3.51. The summed E-state index contributed by atoms with van der Waals surface area (Å²) >= 11 is 3.30. The van der Waals surface area contributed by atoms with Crippen LogP contribution in [0.3, 0.4) is 0 Å². The lowest BCUT2D eigenvalue weighted by molar-refractivity contribution is 0.0389. The summed E-state index contributed by atoms with van der Waals surface area (Å²) in [7, 11) is 0. The van der Waals surface area contributed by atoms with E-state index in [1.54, 1.807) is 0 Å². The minimum atomic E-state index is -0.255. The first-order valence-corrected chi connectivity index (χ1v) is 8.74. The fourth-order valence-electron chi connectivity index (χ4n) is 2.37. The average Bonchev–Trinajstić information content (AvgIpc) is 2.53. The molecule has 136 valence electrons. The Kier molecular flexibility index (Phi) is 10.8. The Morgan fingerprint density at radius 3 is 2.71 bits per heavy atom. The molecule has 0 spiro atoms. The highest BCUT2D eigenvalue weighted by molar-refractivity contribution is 14.0. The number of morpholine rings is 1. The Morgan fingerprint density at radius 1 is 1.29 bits per heavy atom. The van der Waals surface area contributed by atoms with Crippen molar-refractivity contribution in [2.45, 2.75) is 13.5 Å². The molecule has 0 aliphatic carbocycles. The second-order valence-corrected chi connectivity index (χ2v) is 6.27. The SMILES string of the molecule is CCNC(=NCc1cc(F)cc(Br)c1)NCCN1CCOCC1.I. The monoisotopic (exact) mass is 514 g/mol. The number of guanidine groups is 1. The van der Waals surface area contributed by atoms with Gasteiger partial charge in [0.15, 0.2) is 5.96 Å². The van der Waals surface area contributed by atoms with Gasteiger partial charge in [-0.25, -0.2) is 9.38 Å². The van der Waals surface area contributed by atoms with Crippen molar-refractivity contribution in [3.8, 4) is 0 Å². The molecule has 8 heteroatoms. The van der Waals surface area contributed by atoms with Crippen molar-refractivity contribution in [3.05, 3.63) is 34.1 Å². The first-order valence-electron chi connectivity index (χ1n) is 7.94. The molecule has 0 atom stereocenters. The van der Waals surface area contributed by atoms with Gasteiger partial charge in [0, 0.05) is 37.2 Å². The van der Waals surface area contributed by atoms with Crippen LogP contribution in [0.2, 0.25) is 0 Å². The van der Waals surface area contributed by atoms with Crippen LogP contribution in [0.15, 0.2) is 27.7 Å². The number of ether oxygens (including phenoxy) is 1. The number of benzene rings is 1. The smallest absolute Gasteiger partial charge is 0.191 e. The number of hydrogen-bond donors (Lipinski definition) is 2. The maximum Gasteiger partial charge on any atom is 0.191 e. The fourth-order valence-corrected chi connectivity index (χ4v) is 2.88. The van der Waals surface area contributed by atoms with Crippen LogP contribution < -0.4 is 10.6 Å². The van der Waals surface area contributed by atoms with Crippen LogP contribution >= 0.6 is 39.9 Å². The summed E-state index contributed by atoms with van der Waals surface area (Å²) in [6.45, 7) is 8.60. The van der Waals surface area contributed by atoms with Gasteiger partial charge in [0.1, 0.15) is 5.82 Å². The lowest BCUT2D eigenvalue weighted by atomic mass is 10.2. The van der Waals surface area contributed by atoms with E-state index in [1.165, 1.54) is 12.1 Å². The minimum absolute atomic E-state index is 0. The van der Waals surface area contributed by atoms with E-state index in [0.717, 1.165) is 61.9 Å². The minimum Gasteiger partial charge on any atom is -0.379 e. The molecule has 1 aliphatic heterocycles. The number of hydrogen-bond acceptors (Lipinski definition) is 3. The summed E-state index contributed by atoms with van der Waals surface area (Å²) in [6, 6.07) is 4.83. The summed E-state index contributed by atoms with van der Waals surface area (Å²) in [5, 5.41) is 6.53. The molecule has 0 bridgehead atoms. The average molecular weight is 515 g/mol. The summed E-state index contributed by atoms with van der Waals surface area (Å²) in [4.78, 5) is 6.88. The van der Waals surface area contributed by atoms with E-state index in [0.29, 0.717) is 6.54 Å². The van der Waals surface area contributed by atoms with E-state index in [2.05, 4.69) is 36.5 Å². The molecule has 1 aliphatic rings. The van der Waals surface area contributed by atoms with Crippen molar-refractivity contribution in [1.82, 2.24) is 15.5 Å². The zero-order chi connectivity index (χ0) is 16.5. The van der Waals surface area contributed by atoms with Crippen LogP contribution in [0.25, 0.3) is 0 Å². The van der Waals surface area contributed by atoms with Crippen molar-refractivity contribution in [2.75, 3.05) is 45.9 Å². The Bertz CT molecular complexity index is 507. The number of rotatable bonds is 6. The Hall–Kier alpha value is -0.450. The molecule has 1 saturated heterocycles. The first-order chi connectivity index (χ1) is 11.2. The van der Waals surface area contributed by atoms with Gasteiger partial charge in [-0.3, -0.25) is 4.90 Å². The van der Waals surface area contributed by atoms with Gasteiger partial charge >= 0.3 is 0 Å². The van der Waals surface area contributed by atoms with Crippen LogP contribution in [0.4, 0.5) is 4.39 Å². The molecule has 0 saturated carbocycles. The third-order valence-corrected chi connectivity index (χ3v) is 3.97. The third kappa shape index (κ3) is 8.09. The van der Waals surface area contributed by atoms with Gasteiger partial charge in [-0.1, -0.05) is 15.9 Å². The standard InChI is InChI=1S/C16H24BrFN4O.HI/c1-2-19-16(20-3-4-22-5-7-23-8-6-22)21-12-13-9-14(17)11-15(18)10-13;/h9-11H,2-8,12H2,1H3,(H2,19,20,21);1H. The summed E-state index contributed by atoms with van der Waals surface area (Å²) in [5.74, 6) is 0.496. The van der Waals surface area contributed by atoms with Crippen molar-refractivity contribution in [2.24, 2.45) is 4.99 Å². The number of nitrogens with zero attached hydrogens (tertiary/aromatic N) is 2. The first kappa shape index (κ1) is 21.6. The maximum atomic E-state index is 13.4. The lowest BCUT2D eigenvalue weighted by Crippen LogP contribution is -2.44. The predicted molar refractivity (Wildman–Crippen MR) is 110 cm³/mol. The molecule has 2 N–H and O–H groups in total. The molecule has 1 aromatic rings. The largest absolute Gasteiger partial charge is 0.379 e. The highest BCUT2D eigenvalue weighted by atomic mass is 127. The lowest BCUT2D eigenvalue weighted by Gasteiger charge is -2.26. The van der Waals surface area contributed by atoms with Crippen LogP contribution in [0, 0.1) is 5.82 Å². The number of nitrogens with one attached hydrogen (secondary N) is 2. The highest BCUT2D eigenvalue weighted by Crippen LogP contribution is 2.15. The fraction of sp³-hybridized carbons (Fsp3) is 0.562. The van der Waals surface area contributed by atoms with Gasteiger partial charge < -0.3 is 15.4 Å². The summed E-state index contributed by atoms with van der Waals surface area (Å²) < 4.78 is 19.5. The van der Waals surface area contributed by atoms with E-state index >= 15 is 0 Å². The van der Waals surface area contributed by atoms with E-state index in [1.807, 2.05) is 13.0 Å². The van der Waals surface area contributed by atoms with Gasteiger partial charge in [-0.05, 0) is 30.7 Å². The predicted octanol–water partition coefficient (Wildman–Crippen LogP) is 2.59. The molecule has 1 fully saturated rings. The second-order valence-electron chi connectivity index (χ2n) is 5.35. The Labute approximate surface area is 168 Å².